The molecular weight excluding hydrogens is 396 g/mol. The van der Waals surface area contributed by atoms with E-state index in [0.717, 1.165) is 34.5 Å². The number of carbonyl (C=O) groups is 1. The highest BCUT2D eigenvalue weighted by atomic mass is 35.5. The minimum Gasteiger partial charge on any atom is -0.352 e. The Bertz CT molecular complexity index is 998. The molecule has 1 fully saturated rings. The molecule has 30 heavy (non-hydrogen) atoms. The summed E-state index contributed by atoms with van der Waals surface area (Å²) in [6, 6.07) is 14.2. The van der Waals surface area contributed by atoms with Crippen molar-refractivity contribution in [1.29, 1.82) is 0 Å². The van der Waals surface area contributed by atoms with Crippen LogP contribution in [-0.4, -0.2) is 46.3 Å². The first kappa shape index (κ1) is 20.9. The van der Waals surface area contributed by atoms with Crippen LogP contribution in [0.1, 0.15) is 48.5 Å². The molecule has 3 aromatic rings. The van der Waals surface area contributed by atoms with Gasteiger partial charge in [0.15, 0.2) is 0 Å². The van der Waals surface area contributed by atoms with Gasteiger partial charge in [-0.25, -0.2) is 0 Å². The van der Waals surface area contributed by atoms with Crippen LogP contribution in [0.15, 0.2) is 48.7 Å². The zero-order chi connectivity index (χ0) is 20.9. The summed E-state index contributed by atoms with van der Waals surface area (Å²) in [5.41, 5.74) is 2.75. The molecule has 158 valence electrons. The summed E-state index contributed by atoms with van der Waals surface area (Å²) in [7, 11) is 0. The van der Waals surface area contributed by atoms with E-state index < -0.39 is 0 Å². The van der Waals surface area contributed by atoms with E-state index in [1.54, 1.807) is 0 Å². The van der Waals surface area contributed by atoms with E-state index >= 15 is 0 Å². The number of fused-ring (bicyclic) bond motifs is 1. The molecule has 2 aromatic carbocycles. The summed E-state index contributed by atoms with van der Waals surface area (Å²) in [6.45, 7) is 5.88. The molecule has 5 nitrogen and oxygen atoms in total. The van der Waals surface area contributed by atoms with Crippen LogP contribution in [0, 0.1) is 0 Å². The molecule has 6 heteroatoms. The molecule has 1 aromatic heterocycles. The molecule has 1 N–H and O–H groups in total. The molecule has 1 aliphatic heterocycles. The van der Waals surface area contributed by atoms with Crippen molar-refractivity contribution in [3.05, 3.63) is 64.8 Å². The highest BCUT2D eigenvalue weighted by molar-refractivity contribution is 6.30. The molecule has 0 bridgehead atoms. The van der Waals surface area contributed by atoms with Gasteiger partial charge in [0.2, 0.25) is 0 Å². The van der Waals surface area contributed by atoms with Gasteiger partial charge in [-0.2, -0.15) is 5.10 Å². The molecule has 1 amide bonds. The average molecular weight is 425 g/mol. The fraction of sp³-hybridized carbons (Fsp3) is 0.417. The summed E-state index contributed by atoms with van der Waals surface area (Å²) in [6.07, 6.45) is 6.74. The van der Waals surface area contributed by atoms with Gasteiger partial charge in [0.1, 0.15) is 0 Å². The van der Waals surface area contributed by atoms with Gasteiger partial charge in [-0.05, 0) is 62.6 Å². The highest BCUT2D eigenvalue weighted by Gasteiger charge is 2.17. The third-order valence-corrected chi connectivity index (χ3v) is 6.25. The number of aromatic nitrogens is 2. The molecule has 0 aliphatic carbocycles. The number of nitrogens with zero attached hydrogens (tertiary/aromatic N) is 3. The van der Waals surface area contributed by atoms with Crippen LogP contribution in [0.5, 0.6) is 0 Å². The summed E-state index contributed by atoms with van der Waals surface area (Å²) in [5, 5.41) is 9.32. The standard InChI is InChI=1S/C24H29ClN4O/c1-18-5-2-3-13-28(18)14-4-12-26-24(30)20-8-9-21-16-27-29(23(21)15-20)17-19-6-10-22(25)11-7-19/h6-11,15-16,18H,2-5,12-14,17H2,1H3,(H,26,30). The quantitative estimate of drug-likeness (QED) is 0.557. The van der Waals surface area contributed by atoms with Crippen LogP contribution >= 0.6 is 11.6 Å². The van der Waals surface area contributed by atoms with Crippen molar-refractivity contribution >= 4 is 28.4 Å². The predicted octanol–water partition coefficient (Wildman–Crippen LogP) is 4.73. The summed E-state index contributed by atoms with van der Waals surface area (Å²) >= 11 is 5.98. The normalized spacial score (nSPS) is 17.3. The number of hydrogen-bond donors (Lipinski definition) is 1. The van der Waals surface area contributed by atoms with Crippen LogP contribution < -0.4 is 5.32 Å². The summed E-state index contributed by atoms with van der Waals surface area (Å²) < 4.78 is 1.92. The van der Waals surface area contributed by atoms with E-state index in [2.05, 4.69) is 22.2 Å². The maximum atomic E-state index is 12.7. The van der Waals surface area contributed by atoms with Crippen molar-refractivity contribution in [3.8, 4) is 0 Å². The maximum Gasteiger partial charge on any atom is 0.251 e. The number of benzene rings is 2. The van der Waals surface area contributed by atoms with Gasteiger partial charge >= 0.3 is 0 Å². The third-order valence-electron chi connectivity index (χ3n) is 6.00. The number of piperidine rings is 1. The number of likely N-dealkylation sites (tertiary alicyclic amines) is 1. The molecular formula is C24H29ClN4O. The number of carbonyl (C=O) groups excluding carboxylic acids is 1. The monoisotopic (exact) mass is 424 g/mol. The number of nitrogens with one attached hydrogen (secondary N) is 1. The predicted molar refractivity (Wildman–Crippen MR) is 122 cm³/mol. The Morgan fingerprint density at radius 1 is 1.20 bits per heavy atom. The smallest absolute Gasteiger partial charge is 0.251 e. The molecule has 1 aliphatic rings. The minimum absolute atomic E-state index is 0.0252. The molecule has 1 unspecified atom stereocenters. The minimum atomic E-state index is -0.0252. The summed E-state index contributed by atoms with van der Waals surface area (Å²) in [5.74, 6) is -0.0252. The van der Waals surface area contributed by atoms with E-state index in [4.69, 9.17) is 11.6 Å². The Labute approximate surface area is 183 Å². The van der Waals surface area contributed by atoms with Gasteiger partial charge in [-0.15, -0.1) is 0 Å². The Kier molecular flexibility index (Phi) is 6.70. The van der Waals surface area contributed by atoms with Gasteiger partial charge < -0.3 is 10.2 Å². The van der Waals surface area contributed by atoms with Crippen molar-refractivity contribution in [2.75, 3.05) is 19.6 Å². The lowest BCUT2D eigenvalue weighted by atomic mass is 10.0. The fourth-order valence-corrected chi connectivity index (χ4v) is 4.30. The molecule has 1 atom stereocenters. The molecule has 0 radical (unpaired) electrons. The van der Waals surface area contributed by atoms with Crippen molar-refractivity contribution in [2.45, 2.75) is 45.2 Å². The number of amides is 1. The average Bonchev–Trinajstić information content (AvgIpc) is 3.16. The molecule has 0 spiro atoms. The van der Waals surface area contributed by atoms with Crippen LogP contribution in [0.25, 0.3) is 10.9 Å². The number of hydrogen-bond acceptors (Lipinski definition) is 3. The number of halogens is 1. The number of rotatable bonds is 7. The van der Waals surface area contributed by atoms with Crippen molar-refractivity contribution in [1.82, 2.24) is 20.0 Å². The second-order valence-corrected chi connectivity index (χ2v) is 8.63. The van der Waals surface area contributed by atoms with Crippen molar-refractivity contribution in [3.63, 3.8) is 0 Å². The van der Waals surface area contributed by atoms with E-state index in [1.165, 1.54) is 25.8 Å². The van der Waals surface area contributed by atoms with Gasteiger partial charge in [-0.1, -0.05) is 36.2 Å². The first-order valence-electron chi connectivity index (χ1n) is 10.8. The van der Waals surface area contributed by atoms with Gasteiger partial charge in [0.25, 0.3) is 5.91 Å². The fourth-order valence-electron chi connectivity index (χ4n) is 4.18. The molecule has 2 heterocycles. The van der Waals surface area contributed by atoms with Gasteiger partial charge in [0.05, 0.1) is 18.3 Å². The van der Waals surface area contributed by atoms with Crippen LogP contribution in [0.2, 0.25) is 5.02 Å². The zero-order valence-corrected chi connectivity index (χ0v) is 18.2. The largest absolute Gasteiger partial charge is 0.352 e. The zero-order valence-electron chi connectivity index (χ0n) is 17.5. The summed E-state index contributed by atoms with van der Waals surface area (Å²) in [4.78, 5) is 15.2. The van der Waals surface area contributed by atoms with Crippen LogP contribution in [0.4, 0.5) is 0 Å². The Morgan fingerprint density at radius 2 is 2.03 bits per heavy atom. The Balaban J connectivity index is 1.36. The molecule has 1 saturated heterocycles. The maximum absolute atomic E-state index is 12.7. The lowest BCUT2D eigenvalue weighted by Gasteiger charge is -2.33. The third kappa shape index (κ3) is 5.02. The van der Waals surface area contributed by atoms with Crippen LogP contribution in [0.3, 0.4) is 0 Å². The van der Waals surface area contributed by atoms with E-state index in [0.29, 0.717) is 24.7 Å². The molecule has 0 saturated carbocycles. The second kappa shape index (κ2) is 9.63. The highest BCUT2D eigenvalue weighted by Crippen LogP contribution is 2.19. The first-order chi connectivity index (χ1) is 14.6. The Hall–Kier alpha value is -2.37. The Morgan fingerprint density at radius 3 is 2.83 bits per heavy atom. The first-order valence-corrected chi connectivity index (χ1v) is 11.2. The topological polar surface area (TPSA) is 50.2 Å². The van der Waals surface area contributed by atoms with Crippen LogP contribution in [-0.2, 0) is 6.54 Å². The van der Waals surface area contributed by atoms with E-state index in [9.17, 15) is 4.79 Å². The SMILES string of the molecule is CC1CCCCN1CCCNC(=O)c1ccc2cnn(Cc3ccc(Cl)cc3)c2c1. The van der Waals surface area contributed by atoms with E-state index in [-0.39, 0.29) is 5.91 Å². The van der Waals surface area contributed by atoms with Gasteiger partial charge in [0, 0.05) is 35.1 Å². The van der Waals surface area contributed by atoms with Gasteiger partial charge in [-0.3, -0.25) is 9.48 Å². The molecule has 4 rings (SSSR count). The van der Waals surface area contributed by atoms with Crippen molar-refractivity contribution < 1.29 is 4.79 Å². The second-order valence-electron chi connectivity index (χ2n) is 8.19. The van der Waals surface area contributed by atoms with E-state index in [1.807, 2.05) is 53.3 Å². The lowest BCUT2D eigenvalue weighted by molar-refractivity contribution is 0.0949. The van der Waals surface area contributed by atoms with Crippen molar-refractivity contribution in [2.24, 2.45) is 0 Å². The lowest BCUT2D eigenvalue weighted by Crippen LogP contribution is -2.39.